The van der Waals surface area contributed by atoms with Gasteiger partial charge in [0.05, 0.1) is 18.1 Å². The third-order valence-corrected chi connectivity index (χ3v) is 4.67. The third-order valence-electron chi connectivity index (χ3n) is 3.83. The number of guanidine groups is 1. The largest absolute Gasteiger partial charge is 0.357 e. The van der Waals surface area contributed by atoms with Crippen molar-refractivity contribution < 1.29 is 4.79 Å². The molecule has 3 N–H and O–H groups in total. The fourth-order valence-electron chi connectivity index (χ4n) is 2.40. The van der Waals surface area contributed by atoms with E-state index in [0.29, 0.717) is 34.8 Å². The molecule has 0 fully saturated rings. The van der Waals surface area contributed by atoms with Crippen molar-refractivity contribution in [1.82, 2.24) is 20.5 Å². The van der Waals surface area contributed by atoms with E-state index < -0.39 is 0 Å². The minimum absolute atomic E-state index is 0.113. The van der Waals surface area contributed by atoms with Gasteiger partial charge in [-0.3, -0.25) is 4.79 Å². The maximum absolute atomic E-state index is 11.7. The number of aromatic nitrogens is 1. The number of rotatable bonds is 6. The molecule has 140 valence electrons. The van der Waals surface area contributed by atoms with Crippen molar-refractivity contribution in [2.45, 2.75) is 20.0 Å². The van der Waals surface area contributed by atoms with Crippen molar-refractivity contribution in [3.8, 4) is 0 Å². The maximum Gasteiger partial charge on any atom is 0.251 e. The average molecular weight is 396 g/mol. The molecule has 0 unspecified atom stereocenters. The second kappa shape index (κ2) is 9.50. The van der Waals surface area contributed by atoms with Gasteiger partial charge in [-0.15, -0.1) is 0 Å². The Bertz CT molecular complexity index is 801. The molecule has 0 aliphatic rings. The molecule has 2 rings (SSSR count). The molecule has 0 aliphatic carbocycles. The van der Waals surface area contributed by atoms with Crippen LogP contribution < -0.4 is 16.0 Å². The first-order chi connectivity index (χ1) is 12.5. The van der Waals surface area contributed by atoms with Crippen molar-refractivity contribution in [2.24, 2.45) is 12.0 Å². The average Bonchev–Trinajstić information content (AvgIpc) is 2.90. The zero-order chi connectivity index (χ0) is 19.1. The summed E-state index contributed by atoms with van der Waals surface area (Å²) < 4.78 is 1.83. The van der Waals surface area contributed by atoms with Gasteiger partial charge in [0.1, 0.15) is 5.15 Å². The zero-order valence-electron chi connectivity index (χ0n) is 15.1. The molecule has 0 atom stereocenters. The lowest BCUT2D eigenvalue weighted by Crippen LogP contribution is -2.37. The van der Waals surface area contributed by atoms with Gasteiger partial charge in [0.2, 0.25) is 0 Å². The smallest absolute Gasteiger partial charge is 0.251 e. The van der Waals surface area contributed by atoms with E-state index in [1.807, 2.05) is 42.8 Å². The number of nitrogens with one attached hydrogen (secondary N) is 3. The number of benzene rings is 1. The highest BCUT2D eigenvalue weighted by Crippen LogP contribution is 2.24. The monoisotopic (exact) mass is 395 g/mol. The highest BCUT2D eigenvalue weighted by atomic mass is 35.5. The molecule has 6 nitrogen and oxygen atoms in total. The van der Waals surface area contributed by atoms with E-state index in [1.165, 1.54) is 0 Å². The summed E-state index contributed by atoms with van der Waals surface area (Å²) in [5.74, 6) is 0.560. The molecule has 0 spiro atoms. The number of hydrogen-bond donors (Lipinski definition) is 3. The van der Waals surface area contributed by atoms with Gasteiger partial charge in [-0.05, 0) is 30.7 Å². The number of halogens is 2. The second-order valence-corrected chi connectivity index (χ2v) is 6.43. The van der Waals surface area contributed by atoms with Crippen molar-refractivity contribution in [1.29, 1.82) is 0 Å². The number of carbonyl (C=O) groups excluding carboxylic acids is 1. The van der Waals surface area contributed by atoms with E-state index in [2.05, 4.69) is 20.9 Å². The Labute approximate surface area is 163 Å². The molecule has 1 heterocycles. The van der Waals surface area contributed by atoms with E-state index >= 15 is 0 Å². The molecule has 1 aromatic carbocycles. The summed E-state index contributed by atoms with van der Waals surface area (Å²) in [6.07, 6.45) is 0. The quantitative estimate of drug-likeness (QED) is 0.520. The van der Waals surface area contributed by atoms with E-state index in [0.717, 1.165) is 17.8 Å². The molecule has 0 aliphatic heterocycles. The first kappa shape index (κ1) is 20.1. The maximum atomic E-state index is 11.7. The molecule has 2 aromatic rings. The number of carbonyl (C=O) groups is 1. The van der Waals surface area contributed by atoms with Gasteiger partial charge < -0.3 is 20.5 Å². The van der Waals surface area contributed by atoms with Crippen molar-refractivity contribution in [3.05, 3.63) is 57.3 Å². The summed E-state index contributed by atoms with van der Waals surface area (Å²) in [4.78, 5) is 16.3. The van der Waals surface area contributed by atoms with E-state index in [-0.39, 0.29) is 5.91 Å². The molecule has 1 aromatic heterocycles. The van der Waals surface area contributed by atoms with Gasteiger partial charge in [-0.25, -0.2) is 4.99 Å². The van der Waals surface area contributed by atoms with Crippen molar-refractivity contribution >= 4 is 35.1 Å². The van der Waals surface area contributed by atoms with Crippen LogP contribution in [0.1, 0.15) is 28.5 Å². The lowest BCUT2D eigenvalue weighted by molar-refractivity contribution is 0.0963. The lowest BCUT2D eigenvalue weighted by Gasteiger charge is -2.12. The van der Waals surface area contributed by atoms with Gasteiger partial charge in [-0.1, -0.05) is 35.3 Å². The first-order valence-electron chi connectivity index (χ1n) is 8.29. The fourth-order valence-corrected chi connectivity index (χ4v) is 2.82. The molecule has 0 saturated heterocycles. The van der Waals surface area contributed by atoms with E-state index in [9.17, 15) is 4.79 Å². The summed E-state index contributed by atoms with van der Waals surface area (Å²) in [6.45, 7) is 3.72. The van der Waals surface area contributed by atoms with Crippen LogP contribution in [-0.4, -0.2) is 30.0 Å². The van der Waals surface area contributed by atoms with Crippen LogP contribution in [0.25, 0.3) is 0 Å². The summed E-state index contributed by atoms with van der Waals surface area (Å²) >= 11 is 12.1. The highest BCUT2D eigenvalue weighted by Gasteiger charge is 2.09. The predicted octanol–water partition coefficient (Wildman–Crippen LogP) is 2.95. The molecule has 26 heavy (non-hydrogen) atoms. The minimum Gasteiger partial charge on any atom is -0.357 e. The van der Waals surface area contributed by atoms with Crippen LogP contribution in [-0.2, 0) is 20.1 Å². The second-order valence-electron chi connectivity index (χ2n) is 5.66. The Morgan fingerprint density at radius 3 is 2.62 bits per heavy atom. The summed E-state index contributed by atoms with van der Waals surface area (Å²) in [5.41, 5.74) is 2.52. The molecule has 0 saturated carbocycles. The normalized spacial score (nSPS) is 11.3. The number of nitrogens with zero attached hydrogens (tertiary/aromatic N) is 2. The van der Waals surface area contributed by atoms with Crippen LogP contribution in [0.5, 0.6) is 0 Å². The highest BCUT2D eigenvalue weighted by molar-refractivity contribution is 6.41. The van der Waals surface area contributed by atoms with Gasteiger partial charge in [0, 0.05) is 31.9 Å². The molecule has 8 heteroatoms. The Morgan fingerprint density at radius 1 is 1.23 bits per heavy atom. The summed E-state index contributed by atoms with van der Waals surface area (Å²) in [6, 6.07) is 9.23. The van der Waals surface area contributed by atoms with Crippen LogP contribution in [0.3, 0.4) is 0 Å². The predicted molar refractivity (Wildman–Crippen MR) is 107 cm³/mol. The third kappa shape index (κ3) is 5.16. The Hall–Kier alpha value is -2.18. The molecular weight excluding hydrogens is 373 g/mol. The van der Waals surface area contributed by atoms with E-state index in [1.54, 1.807) is 13.1 Å². The Kier molecular flexibility index (Phi) is 7.36. The van der Waals surface area contributed by atoms with Crippen LogP contribution in [0.2, 0.25) is 10.2 Å². The number of aliphatic imine (C=N–C) groups is 1. The first-order valence-corrected chi connectivity index (χ1v) is 9.04. The number of hydrogen-bond acceptors (Lipinski definition) is 2. The summed E-state index contributed by atoms with van der Waals surface area (Å²) in [5, 5.41) is 10.1. The van der Waals surface area contributed by atoms with Crippen LogP contribution in [0.4, 0.5) is 0 Å². The van der Waals surface area contributed by atoms with Gasteiger partial charge >= 0.3 is 0 Å². The topological polar surface area (TPSA) is 70.4 Å². The van der Waals surface area contributed by atoms with Gasteiger partial charge in [0.25, 0.3) is 5.91 Å². The molecular formula is C18H23Cl2N5O. The lowest BCUT2D eigenvalue weighted by atomic mass is 10.1. The van der Waals surface area contributed by atoms with Crippen LogP contribution in [0, 0.1) is 0 Å². The van der Waals surface area contributed by atoms with Gasteiger partial charge in [0.15, 0.2) is 5.96 Å². The van der Waals surface area contributed by atoms with Crippen molar-refractivity contribution in [2.75, 3.05) is 13.6 Å². The number of amides is 1. The zero-order valence-corrected chi connectivity index (χ0v) is 16.6. The van der Waals surface area contributed by atoms with E-state index in [4.69, 9.17) is 23.2 Å². The SMILES string of the molecule is CCNC(=NCc1cccc(C(=O)NC)c1)NCc1cc(Cl)c(Cl)n1C. The molecule has 0 radical (unpaired) electrons. The summed E-state index contributed by atoms with van der Waals surface area (Å²) in [7, 11) is 3.47. The standard InChI is InChI=1S/C18H23Cl2N5O/c1-4-22-18(24-11-14-9-15(19)16(20)25(14)3)23-10-12-6-5-7-13(8-12)17(26)21-2/h5-9H,4,10-11H2,1-3H3,(H,21,26)(H2,22,23,24). The van der Waals surface area contributed by atoms with Crippen molar-refractivity contribution in [3.63, 3.8) is 0 Å². The Balaban J connectivity index is 2.06. The Morgan fingerprint density at radius 2 is 2.00 bits per heavy atom. The fraction of sp³-hybridized carbons (Fsp3) is 0.333. The van der Waals surface area contributed by atoms with Crippen LogP contribution >= 0.6 is 23.2 Å². The van der Waals surface area contributed by atoms with Gasteiger partial charge in [-0.2, -0.15) is 0 Å². The van der Waals surface area contributed by atoms with Crippen LogP contribution in [0.15, 0.2) is 35.3 Å². The molecule has 1 amide bonds. The minimum atomic E-state index is -0.113. The molecule has 0 bridgehead atoms.